The van der Waals surface area contributed by atoms with Crippen LogP contribution < -0.4 is 4.72 Å². The SMILES string of the molecule is Cc1nc(S(=O)(=O)NC2(C#N)CCCC2)cn1C. The Hall–Kier alpha value is -1.39. The van der Waals surface area contributed by atoms with Crippen LogP contribution in [0, 0.1) is 18.3 Å². The molecule has 0 amide bonds. The van der Waals surface area contributed by atoms with Gasteiger partial charge >= 0.3 is 0 Å². The minimum absolute atomic E-state index is 0.0241. The van der Waals surface area contributed by atoms with E-state index in [-0.39, 0.29) is 5.03 Å². The smallest absolute Gasteiger partial charge is 0.260 e. The van der Waals surface area contributed by atoms with Gasteiger partial charge in [0.05, 0.1) is 6.07 Å². The molecule has 18 heavy (non-hydrogen) atoms. The first-order valence-electron chi connectivity index (χ1n) is 5.84. The van der Waals surface area contributed by atoms with Gasteiger partial charge in [0.15, 0.2) is 5.03 Å². The van der Waals surface area contributed by atoms with Crippen molar-refractivity contribution in [3.63, 3.8) is 0 Å². The van der Waals surface area contributed by atoms with Gasteiger partial charge < -0.3 is 4.57 Å². The number of hydrogen-bond donors (Lipinski definition) is 1. The highest BCUT2D eigenvalue weighted by molar-refractivity contribution is 7.89. The second-order valence-electron chi connectivity index (χ2n) is 4.74. The summed E-state index contributed by atoms with van der Waals surface area (Å²) in [6.07, 6.45) is 4.33. The summed E-state index contributed by atoms with van der Waals surface area (Å²) >= 11 is 0. The number of imidazole rings is 1. The zero-order chi connectivity index (χ0) is 13.4. The molecular formula is C11H16N4O2S. The van der Waals surface area contributed by atoms with Gasteiger partial charge in [-0.05, 0) is 19.8 Å². The van der Waals surface area contributed by atoms with Crippen LogP contribution in [0.25, 0.3) is 0 Å². The van der Waals surface area contributed by atoms with E-state index in [0.29, 0.717) is 18.7 Å². The molecule has 98 valence electrons. The largest absolute Gasteiger partial charge is 0.337 e. The van der Waals surface area contributed by atoms with Crippen LogP contribution in [0.4, 0.5) is 0 Å². The number of aryl methyl sites for hydroxylation is 2. The van der Waals surface area contributed by atoms with Crippen molar-refractivity contribution in [2.24, 2.45) is 7.05 Å². The van der Waals surface area contributed by atoms with Gasteiger partial charge in [-0.3, -0.25) is 0 Å². The lowest BCUT2D eigenvalue weighted by atomic mass is 10.0. The van der Waals surface area contributed by atoms with Gasteiger partial charge in [0.25, 0.3) is 10.0 Å². The van der Waals surface area contributed by atoms with Crippen LogP contribution >= 0.6 is 0 Å². The summed E-state index contributed by atoms with van der Waals surface area (Å²) in [7, 11) is -1.99. The molecule has 0 aliphatic heterocycles. The molecule has 1 aliphatic carbocycles. The molecule has 6 nitrogen and oxygen atoms in total. The van der Waals surface area contributed by atoms with Crippen molar-refractivity contribution in [3.8, 4) is 6.07 Å². The lowest BCUT2D eigenvalue weighted by Crippen LogP contribution is -2.45. The third-order valence-corrected chi connectivity index (χ3v) is 4.77. The highest BCUT2D eigenvalue weighted by Gasteiger charge is 2.39. The molecule has 1 aromatic heterocycles. The minimum Gasteiger partial charge on any atom is -0.337 e. The fourth-order valence-corrected chi connectivity index (χ4v) is 3.60. The van der Waals surface area contributed by atoms with Crippen molar-refractivity contribution in [1.29, 1.82) is 5.26 Å². The number of nitriles is 1. The van der Waals surface area contributed by atoms with Crippen molar-refractivity contribution >= 4 is 10.0 Å². The molecule has 0 spiro atoms. The Kier molecular flexibility index (Phi) is 3.17. The van der Waals surface area contributed by atoms with Crippen LogP contribution in [0.3, 0.4) is 0 Å². The maximum absolute atomic E-state index is 12.2. The van der Waals surface area contributed by atoms with Gasteiger partial charge in [-0.15, -0.1) is 0 Å². The Bertz CT molecular complexity index is 572. The van der Waals surface area contributed by atoms with Crippen LogP contribution in [-0.4, -0.2) is 23.5 Å². The predicted molar refractivity (Wildman–Crippen MR) is 65.1 cm³/mol. The van der Waals surface area contributed by atoms with Gasteiger partial charge in [-0.1, -0.05) is 12.8 Å². The standard InChI is InChI=1S/C11H16N4O2S/c1-9-13-10(7-15(9)2)18(16,17)14-11(8-12)5-3-4-6-11/h7,14H,3-6H2,1-2H3. The highest BCUT2D eigenvalue weighted by atomic mass is 32.2. The Morgan fingerprint density at radius 3 is 2.56 bits per heavy atom. The van der Waals surface area contributed by atoms with Gasteiger partial charge in [0.1, 0.15) is 11.4 Å². The first-order valence-corrected chi connectivity index (χ1v) is 7.32. The van der Waals surface area contributed by atoms with Crippen LogP contribution in [0.5, 0.6) is 0 Å². The van der Waals surface area contributed by atoms with Gasteiger partial charge in [-0.25, -0.2) is 13.4 Å². The molecule has 0 aromatic carbocycles. The van der Waals surface area contributed by atoms with Crippen LogP contribution in [0.1, 0.15) is 31.5 Å². The van der Waals surface area contributed by atoms with Crippen molar-refractivity contribution in [1.82, 2.24) is 14.3 Å². The molecule has 1 fully saturated rings. The number of rotatable bonds is 3. The molecule has 0 atom stereocenters. The summed E-state index contributed by atoms with van der Waals surface area (Å²) in [5, 5.41) is 9.16. The van der Waals surface area contributed by atoms with E-state index in [1.165, 1.54) is 6.20 Å². The van der Waals surface area contributed by atoms with Crippen molar-refractivity contribution in [2.75, 3.05) is 0 Å². The number of nitrogens with one attached hydrogen (secondary N) is 1. The van der Waals surface area contributed by atoms with E-state index >= 15 is 0 Å². The minimum atomic E-state index is -3.72. The zero-order valence-corrected chi connectivity index (χ0v) is 11.3. The molecule has 0 bridgehead atoms. The van der Waals surface area contributed by atoms with Crippen molar-refractivity contribution in [3.05, 3.63) is 12.0 Å². The zero-order valence-electron chi connectivity index (χ0n) is 10.5. The predicted octanol–water partition coefficient (Wildman–Crippen LogP) is 0.843. The van der Waals surface area contributed by atoms with E-state index in [1.54, 1.807) is 18.5 Å². The quantitative estimate of drug-likeness (QED) is 0.880. The summed E-state index contributed by atoms with van der Waals surface area (Å²) in [5.41, 5.74) is -0.954. The third kappa shape index (κ3) is 2.26. The van der Waals surface area contributed by atoms with E-state index in [0.717, 1.165) is 12.8 Å². The van der Waals surface area contributed by atoms with E-state index in [4.69, 9.17) is 0 Å². The Balaban J connectivity index is 2.30. The lowest BCUT2D eigenvalue weighted by molar-refractivity contribution is 0.483. The lowest BCUT2D eigenvalue weighted by Gasteiger charge is -2.20. The summed E-state index contributed by atoms with van der Waals surface area (Å²) < 4.78 is 28.5. The van der Waals surface area contributed by atoms with E-state index in [1.807, 2.05) is 0 Å². The number of sulfonamides is 1. The first kappa shape index (κ1) is 13.1. The highest BCUT2D eigenvalue weighted by Crippen LogP contribution is 2.30. The molecule has 1 heterocycles. The van der Waals surface area contributed by atoms with E-state index < -0.39 is 15.6 Å². The molecule has 0 radical (unpaired) electrons. The molecule has 0 unspecified atom stereocenters. The molecule has 1 aromatic rings. The molecule has 7 heteroatoms. The molecule has 2 rings (SSSR count). The first-order chi connectivity index (χ1) is 8.38. The Morgan fingerprint density at radius 2 is 2.11 bits per heavy atom. The average molecular weight is 268 g/mol. The normalized spacial score (nSPS) is 18.7. The maximum Gasteiger partial charge on any atom is 0.260 e. The molecular weight excluding hydrogens is 252 g/mol. The molecule has 0 saturated heterocycles. The summed E-state index contributed by atoms with van der Waals surface area (Å²) in [6.45, 7) is 1.73. The molecule has 1 N–H and O–H groups in total. The molecule has 1 saturated carbocycles. The van der Waals surface area contributed by atoms with E-state index in [2.05, 4.69) is 15.8 Å². The average Bonchev–Trinajstić information content (AvgIpc) is 2.88. The third-order valence-electron chi connectivity index (χ3n) is 3.36. The van der Waals surface area contributed by atoms with Crippen molar-refractivity contribution in [2.45, 2.75) is 43.2 Å². The van der Waals surface area contributed by atoms with Crippen molar-refractivity contribution < 1.29 is 8.42 Å². The second-order valence-corrected chi connectivity index (χ2v) is 6.37. The number of nitrogens with zero attached hydrogens (tertiary/aromatic N) is 3. The Labute approximate surface area is 107 Å². The summed E-state index contributed by atoms with van der Waals surface area (Å²) in [5.74, 6) is 0.618. The number of aromatic nitrogens is 2. The number of hydrogen-bond acceptors (Lipinski definition) is 4. The van der Waals surface area contributed by atoms with Gasteiger partial charge in [-0.2, -0.15) is 9.98 Å². The summed E-state index contributed by atoms with van der Waals surface area (Å²) in [6, 6.07) is 2.10. The molecule has 1 aliphatic rings. The second kappa shape index (κ2) is 4.37. The van der Waals surface area contributed by atoms with Gasteiger partial charge in [0, 0.05) is 13.2 Å². The summed E-state index contributed by atoms with van der Waals surface area (Å²) in [4.78, 5) is 3.99. The topological polar surface area (TPSA) is 87.8 Å². The van der Waals surface area contributed by atoms with Crippen LogP contribution in [-0.2, 0) is 17.1 Å². The maximum atomic E-state index is 12.2. The fraction of sp³-hybridized carbons (Fsp3) is 0.636. The Morgan fingerprint density at radius 1 is 1.50 bits per heavy atom. The van der Waals surface area contributed by atoms with Crippen LogP contribution in [0.15, 0.2) is 11.2 Å². The van der Waals surface area contributed by atoms with Gasteiger partial charge in [0.2, 0.25) is 0 Å². The monoisotopic (exact) mass is 268 g/mol. The fourth-order valence-electron chi connectivity index (χ4n) is 2.18. The van der Waals surface area contributed by atoms with Crippen LogP contribution in [0.2, 0.25) is 0 Å². The van der Waals surface area contributed by atoms with E-state index in [9.17, 15) is 13.7 Å².